The highest BCUT2D eigenvalue weighted by atomic mass is 79.9. The molecule has 0 aromatic heterocycles. The van der Waals surface area contributed by atoms with E-state index in [9.17, 15) is 4.57 Å². The van der Waals surface area contributed by atoms with Crippen molar-refractivity contribution in [1.29, 1.82) is 0 Å². The maximum absolute atomic E-state index is 13.1. The average Bonchev–Trinajstić information content (AvgIpc) is 2.90. The molecule has 0 amide bonds. The van der Waals surface area contributed by atoms with E-state index in [1.54, 1.807) is 0 Å². The highest BCUT2D eigenvalue weighted by molar-refractivity contribution is 9.10. The van der Waals surface area contributed by atoms with Gasteiger partial charge in [-0.3, -0.25) is 9.88 Å². The van der Waals surface area contributed by atoms with Crippen LogP contribution in [-0.2, 0) is 20.2 Å². The topological polar surface area (TPSA) is 47.6 Å². The van der Waals surface area contributed by atoms with Crippen LogP contribution in [0.15, 0.2) is 59.1 Å². The van der Waals surface area contributed by atoms with Crippen LogP contribution in [0.3, 0.4) is 0 Å². The maximum Gasteiger partial charge on any atom is 0.352 e. The van der Waals surface area contributed by atoms with Crippen molar-refractivity contribution in [3.05, 3.63) is 70.2 Å². The molecule has 1 aliphatic rings. The third-order valence-electron chi connectivity index (χ3n) is 3.66. The third kappa shape index (κ3) is 4.11. The van der Waals surface area contributed by atoms with Gasteiger partial charge in [-0.2, -0.15) is 0 Å². The second kappa shape index (κ2) is 7.29. The first kappa shape index (κ1) is 16.9. The van der Waals surface area contributed by atoms with Crippen molar-refractivity contribution in [3.63, 3.8) is 0 Å². The summed E-state index contributed by atoms with van der Waals surface area (Å²) in [5, 5.41) is 3.35. The molecule has 1 saturated heterocycles. The molecule has 3 atom stereocenters. The number of hydrogen-bond donors (Lipinski definition) is 1. The fourth-order valence-electron chi connectivity index (χ4n) is 2.52. The first-order valence-electron chi connectivity index (χ1n) is 7.52. The van der Waals surface area contributed by atoms with Crippen LogP contribution in [-0.4, -0.2) is 12.7 Å². The van der Waals surface area contributed by atoms with Crippen LogP contribution >= 0.6 is 23.5 Å². The second-order valence-corrected chi connectivity index (χ2v) is 8.55. The van der Waals surface area contributed by atoms with Crippen molar-refractivity contribution in [2.45, 2.75) is 25.4 Å². The Labute approximate surface area is 144 Å². The molecule has 1 heterocycles. The predicted octanol–water partition coefficient (Wildman–Crippen LogP) is 4.87. The van der Waals surface area contributed by atoms with Gasteiger partial charge in [0.25, 0.3) is 0 Å². The molecule has 0 bridgehead atoms. The Kier molecular flexibility index (Phi) is 5.34. The second-order valence-electron chi connectivity index (χ2n) is 5.57. The Morgan fingerprint density at radius 1 is 1.22 bits per heavy atom. The summed E-state index contributed by atoms with van der Waals surface area (Å²) in [6.07, 6.45) is -0.155. The highest BCUT2D eigenvalue weighted by Crippen LogP contribution is 2.63. The lowest BCUT2D eigenvalue weighted by molar-refractivity contribution is 0.253. The van der Waals surface area contributed by atoms with Gasteiger partial charge in [-0.05, 0) is 30.2 Å². The van der Waals surface area contributed by atoms with Gasteiger partial charge in [0.1, 0.15) is 5.78 Å². The third-order valence-corrected chi connectivity index (χ3v) is 6.46. The Hall–Kier alpha value is -0.970. The van der Waals surface area contributed by atoms with Gasteiger partial charge in [0.05, 0.1) is 12.7 Å². The van der Waals surface area contributed by atoms with E-state index in [-0.39, 0.29) is 6.10 Å². The van der Waals surface area contributed by atoms with Crippen LogP contribution in [0.25, 0.3) is 0 Å². The zero-order chi connectivity index (χ0) is 16.3. The quantitative estimate of drug-likeness (QED) is 0.733. The minimum atomic E-state index is -3.24. The number of benzene rings is 2. The van der Waals surface area contributed by atoms with E-state index >= 15 is 0 Å². The molecule has 1 fully saturated rings. The summed E-state index contributed by atoms with van der Waals surface area (Å²) in [7, 11) is -3.24. The monoisotopic (exact) mass is 395 g/mol. The molecule has 6 heteroatoms. The molecule has 2 aromatic carbocycles. The van der Waals surface area contributed by atoms with Crippen molar-refractivity contribution >= 4 is 23.5 Å². The molecular weight excluding hydrogens is 377 g/mol. The summed E-state index contributed by atoms with van der Waals surface area (Å²) in [6, 6.07) is 17.7. The maximum atomic E-state index is 13.1. The summed E-state index contributed by atoms with van der Waals surface area (Å²) in [6.45, 7) is 2.82. The molecule has 0 aliphatic carbocycles. The number of rotatable bonds is 5. The first-order chi connectivity index (χ1) is 11.1. The van der Waals surface area contributed by atoms with E-state index < -0.39 is 13.4 Å². The van der Waals surface area contributed by atoms with Crippen LogP contribution in [0.1, 0.15) is 23.8 Å². The molecule has 0 unspecified atom stereocenters. The van der Waals surface area contributed by atoms with Gasteiger partial charge >= 0.3 is 7.60 Å². The summed E-state index contributed by atoms with van der Waals surface area (Å²) in [4.78, 5) is 0. The first-order valence-corrected chi connectivity index (χ1v) is 9.93. The van der Waals surface area contributed by atoms with Gasteiger partial charge in [0.15, 0.2) is 0 Å². The number of hydrogen-bond acceptors (Lipinski definition) is 4. The zero-order valence-electron chi connectivity index (χ0n) is 12.8. The molecule has 0 saturated carbocycles. The lowest BCUT2D eigenvalue weighted by Crippen LogP contribution is -2.21. The van der Waals surface area contributed by atoms with E-state index in [1.165, 1.54) is 0 Å². The van der Waals surface area contributed by atoms with Gasteiger partial charge in [0.2, 0.25) is 0 Å². The molecule has 122 valence electrons. The lowest BCUT2D eigenvalue weighted by Gasteiger charge is -2.24. The Balaban J connectivity index is 1.84. The minimum absolute atomic E-state index is 0.155. The average molecular weight is 396 g/mol. The van der Waals surface area contributed by atoms with Crippen molar-refractivity contribution in [3.8, 4) is 0 Å². The summed E-state index contributed by atoms with van der Waals surface area (Å²) in [5.74, 6) is -0.485. The van der Waals surface area contributed by atoms with E-state index in [1.807, 2.05) is 61.5 Å². The number of halogens is 1. The predicted molar refractivity (Wildman–Crippen MR) is 94.3 cm³/mol. The summed E-state index contributed by atoms with van der Waals surface area (Å²) >= 11 is 3.42. The van der Waals surface area contributed by atoms with Gasteiger partial charge in [-0.25, -0.2) is 0 Å². The van der Waals surface area contributed by atoms with Crippen molar-refractivity contribution in [1.82, 2.24) is 5.32 Å². The summed E-state index contributed by atoms with van der Waals surface area (Å²) < 4.78 is 25.3. The fraction of sp³-hybridized carbons (Fsp3) is 0.294. The normalized spacial score (nSPS) is 25.4. The van der Waals surface area contributed by atoms with Crippen LogP contribution in [0, 0.1) is 0 Å². The molecule has 3 rings (SSSR count). The Morgan fingerprint density at radius 2 is 1.91 bits per heavy atom. The van der Waals surface area contributed by atoms with Crippen molar-refractivity contribution in [2.75, 3.05) is 6.61 Å². The fourth-order valence-corrected chi connectivity index (χ4v) is 4.95. The molecular formula is C17H19BrNO3P. The minimum Gasteiger partial charge on any atom is -0.304 e. The van der Waals surface area contributed by atoms with Crippen molar-refractivity contribution in [2.24, 2.45) is 0 Å². The van der Waals surface area contributed by atoms with E-state index in [0.717, 1.165) is 15.6 Å². The zero-order valence-corrected chi connectivity index (χ0v) is 15.3. The molecule has 0 radical (unpaired) electrons. The Bertz CT molecular complexity index is 693. The van der Waals surface area contributed by atoms with E-state index in [4.69, 9.17) is 9.05 Å². The van der Waals surface area contributed by atoms with Crippen LogP contribution < -0.4 is 5.32 Å². The molecule has 0 spiro atoms. The van der Waals surface area contributed by atoms with Gasteiger partial charge < -0.3 is 9.05 Å². The molecule has 23 heavy (non-hydrogen) atoms. The standard InChI is InChI=1S/C17H19BrNO3P/c1-13-12-21-23(20,22-13)17(15-7-9-16(18)10-8-15)19-11-14-5-3-2-4-6-14/h2-10,13,17,19H,11-12H2,1H3/t13-,17-,23+/m1/s1. The van der Waals surface area contributed by atoms with Crippen LogP contribution in [0.4, 0.5) is 0 Å². The van der Waals surface area contributed by atoms with Crippen LogP contribution in [0.2, 0.25) is 0 Å². The lowest BCUT2D eigenvalue weighted by atomic mass is 10.2. The molecule has 1 aliphatic heterocycles. The van der Waals surface area contributed by atoms with Gasteiger partial charge in [-0.1, -0.05) is 58.4 Å². The molecule has 2 aromatic rings. The SMILES string of the molecule is C[C@@H]1CO[P@@](=O)([C@@H](NCc2ccccc2)c2ccc(Br)cc2)O1. The summed E-state index contributed by atoms with van der Waals surface area (Å²) in [5.41, 5.74) is 2.01. The largest absolute Gasteiger partial charge is 0.352 e. The van der Waals surface area contributed by atoms with E-state index in [0.29, 0.717) is 13.2 Å². The van der Waals surface area contributed by atoms with E-state index in [2.05, 4.69) is 21.2 Å². The van der Waals surface area contributed by atoms with Gasteiger partial charge in [-0.15, -0.1) is 0 Å². The van der Waals surface area contributed by atoms with Crippen LogP contribution in [0.5, 0.6) is 0 Å². The number of nitrogens with one attached hydrogen (secondary N) is 1. The molecule has 1 N–H and O–H groups in total. The smallest absolute Gasteiger partial charge is 0.304 e. The Morgan fingerprint density at radius 3 is 2.52 bits per heavy atom. The van der Waals surface area contributed by atoms with Gasteiger partial charge in [0, 0.05) is 11.0 Å². The van der Waals surface area contributed by atoms with Crippen molar-refractivity contribution < 1.29 is 13.6 Å². The molecule has 4 nitrogen and oxygen atoms in total. The highest BCUT2D eigenvalue weighted by Gasteiger charge is 2.43.